The highest BCUT2D eigenvalue weighted by molar-refractivity contribution is 5.97. The molecule has 72 heavy (non-hydrogen) atoms. The van der Waals surface area contributed by atoms with Crippen molar-refractivity contribution in [3.63, 3.8) is 0 Å². The summed E-state index contributed by atoms with van der Waals surface area (Å²) in [5.41, 5.74) is 1.16. The van der Waals surface area contributed by atoms with Crippen LogP contribution in [0.5, 0.6) is 0 Å². The highest BCUT2D eigenvalue weighted by atomic mass is 19.4. The van der Waals surface area contributed by atoms with Gasteiger partial charge >= 0.3 is 12.4 Å². The molecule has 0 unspecified atom stereocenters. The maximum absolute atomic E-state index is 12.8. The number of nitrogens with zero attached hydrogens (tertiary/aromatic N) is 4. The molecule has 0 atom stereocenters. The Morgan fingerprint density at radius 3 is 1.46 bits per heavy atom. The van der Waals surface area contributed by atoms with E-state index in [4.69, 9.17) is 0 Å². The molecule has 2 saturated heterocycles. The van der Waals surface area contributed by atoms with Gasteiger partial charge in [0.2, 0.25) is 11.8 Å². The van der Waals surface area contributed by atoms with Crippen molar-refractivity contribution in [2.75, 3.05) is 39.3 Å². The van der Waals surface area contributed by atoms with Crippen LogP contribution in [0, 0.1) is 6.92 Å². The first-order valence-corrected chi connectivity index (χ1v) is 24.5. The van der Waals surface area contributed by atoms with Gasteiger partial charge in [0.25, 0.3) is 22.9 Å². The largest absolute Gasteiger partial charge is 0.416 e. The number of nitrogens with one attached hydrogen (secondary N) is 4. The molecule has 2 saturated carbocycles. The molecular formula is C52H62F6N8O6. The minimum absolute atomic E-state index is 0.00575. The number of amides is 4. The van der Waals surface area contributed by atoms with E-state index in [-0.39, 0.29) is 59.2 Å². The molecule has 4 amide bonds. The van der Waals surface area contributed by atoms with Gasteiger partial charge in [-0.15, -0.1) is 0 Å². The lowest BCUT2D eigenvalue weighted by molar-refractivity contribution is -0.138. The lowest BCUT2D eigenvalue weighted by Crippen LogP contribution is -2.63. The van der Waals surface area contributed by atoms with E-state index in [9.17, 15) is 55.1 Å². The van der Waals surface area contributed by atoms with Crippen molar-refractivity contribution in [1.82, 2.24) is 40.2 Å². The molecule has 4 aromatic rings. The molecule has 20 heteroatoms. The Hall–Kier alpha value is -6.28. The Kier molecular flexibility index (Phi) is 17.1. The standard InChI is InChI=1S/2C26H31F3N4O3/c1-16-10-19(13-32(2)25(16)36)17-6-8-22(9-7-17)33-14-21(15-33)31-23(34)12-30-24(35)18-4-3-5-20(11-18)26(27,28)29;1-2-32-14-19(8-11-24(32)35)17-6-9-22(10-7-17)33-15-21(16-33)31-23(34)13-30-25(36)18-4-3-5-20(12-18)26(27,28)29/h3-5,10-11,13,17,21-22H,6-9,12,14-15H2,1-2H3,(H,30,35)(H,31,34);3-5,8,11-12,14,17,21-22H,2,6-7,9-10,13,15-16H2,1H3,(H,30,36)(H,31,34). The second kappa shape index (κ2) is 23.1. The van der Waals surface area contributed by atoms with Crippen molar-refractivity contribution in [2.45, 2.75) is 120 Å². The number of aromatic nitrogens is 2. The lowest BCUT2D eigenvalue weighted by atomic mass is 9.80. The molecule has 2 aromatic heterocycles. The van der Waals surface area contributed by atoms with Gasteiger partial charge in [-0.1, -0.05) is 18.2 Å². The fourth-order valence-electron chi connectivity index (χ4n) is 10.3. The van der Waals surface area contributed by atoms with E-state index in [0.717, 1.165) is 120 Å². The van der Waals surface area contributed by atoms with Crippen LogP contribution in [0.25, 0.3) is 0 Å². The van der Waals surface area contributed by atoms with E-state index < -0.39 is 35.3 Å². The third kappa shape index (κ3) is 13.8. The molecule has 4 fully saturated rings. The summed E-state index contributed by atoms with van der Waals surface area (Å²) >= 11 is 0. The van der Waals surface area contributed by atoms with E-state index in [0.29, 0.717) is 30.5 Å². The number of likely N-dealkylation sites (tertiary alicyclic amines) is 2. The van der Waals surface area contributed by atoms with E-state index in [1.165, 1.54) is 23.3 Å². The Balaban J connectivity index is 0.000000211. The van der Waals surface area contributed by atoms with Crippen LogP contribution in [0.15, 0.2) is 88.7 Å². The van der Waals surface area contributed by atoms with Crippen molar-refractivity contribution in [2.24, 2.45) is 7.05 Å². The van der Waals surface area contributed by atoms with Crippen molar-refractivity contribution in [1.29, 1.82) is 0 Å². The SMILES string of the molecule is CCn1cc(C2CCC(N3CC(NC(=O)CNC(=O)c4cccc(C(F)(F)F)c4)C3)CC2)ccc1=O.Cc1cc(C2CCC(N3CC(NC(=O)CNC(=O)c4cccc(C(F)(F)F)c4)C3)CC2)cn(C)c1=O. The van der Waals surface area contributed by atoms with Gasteiger partial charge in [-0.2, -0.15) is 26.3 Å². The molecule has 2 aliphatic carbocycles. The molecule has 4 aliphatic rings. The van der Waals surface area contributed by atoms with Crippen molar-refractivity contribution >= 4 is 23.6 Å². The second-order valence-electron chi connectivity index (χ2n) is 19.4. The number of hydrogen-bond donors (Lipinski definition) is 4. The van der Waals surface area contributed by atoms with Crippen LogP contribution >= 0.6 is 0 Å². The quantitative estimate of drug-likeness (QED) is 0.117. The van der Waals surface area contributed by atoms with Gasteiger partial charge in [0.1, 0.15) is 0 Å². The molecule has 14 nitrogen and oxygen atoms in total. The molecule has 0 radical (unpaired) electrons. The summed E-state index contributed by atoms with van der Waals surface area (Å²) < 4.78 is 80.4. The second-order valence-corrected chi connectivity index (χ2v) is 19.4. The van der Waals surface area contributed by atoms with Crippen LogP contribution in [-0.2, 0) is 35.5 Å². The Morgan fingerprint density at radius 1 is 0.597 bits per heavy atom. The molecule has 0 spiro atoms. The van der Waals surface area contributed by atoms with Gasteiger partial charge in [0.15, 0.2) is 0 Å². The van der Waals surface area contributed by atoms with Gasteiger partial charge in [0, 0.05) is 87.0 Å². The van der Waals surface area contributed by atoms with Gasteiger partial charge in [-0.25, -0.2) is 0 Å². The first kappa shape index (κ1) is 53.5. The van der Waals surface area contributed by atoms with Crippen LogP contribution in [-0.4, -0.2) is 106 Å². The fraction of sp³-hybridized carbons (Fsp3) is 0.500. The third-order valence-electron chi connectivity index (χ3n) is 14.4. The topological polar surface area (TPSA) is 167 Å². The lowest BCUT2D eigenvalue weighted by Gasteiger charge is -2.46. The number of halogens is 6. The van der Waals surface area contributed by atoms with Gasteiger partial charge in [-0.05, 0) is 131 Å². The summed E-state index contributed by atoms with van der Waals surface area (Å²) in [7, 11) is 1.79. The van der Waals surface area contributed by atoms with E-state index in [2.05, 4.69) is 31.1 Å². The van der Waals surface area contributed by atoms with Crippen LogP contribution < -0.4 is 32.4 Å². The summed E-state index contributed by atoms with van der Waals surface area (Å²) in [6.45, 7) is 6.84. The number of carbonyl (C=O) groups is 4. The Bertz CT molecular complexity index is 2670. The zero-order valence-electron chi connectivity index (χ0n) is 40.6. The first-order valence-electron chi connectivity index (χ1n) is 24.5. The molecule has 4 heterocycles. The zero-order chi connectivity index (χ0) is 51.9. The number of hydrogen-bond acceptors (Lipinski definition) is 8. The Morgan fingerprint density at radius 2 is 1.04 bits per heavy atom. The molecule has 8 rings (SSSR count). The normalized spacial score (nSPS) is 21.0. The average molecular weight is 1010 g/mol. The number of aryl methyl sites for hydroxylation is 3. The fourth-order valence-corrected chi connectivity index (χ4v) is 10.3. The summed E-state index contributed by atoms with van der Waals surface area (Å²) in [4.78, 5) is 77.2. The predicted molar refractivity (Wildman–Crippen MR) is 257 cm³/mol. The van der Waals surface area contributed by atoms with E-state index in [1.54, 1.807) is 22.2 Å². The molecule has 0 bridgehead atoms. The maximum atomic E-state index is 12.8. The van der Waals surface area contributed by atoms with Crippen LogP contribution in [0.3, 0.4) is 0 Å². The number of benzene rings is 2. The van der Waals surface area contributed by atoms with E-state index >= 15 is 0 Å². The number of pyridine rings is 2. The van der Waals surface area contributed by atoms with Crippen LogP contribution in [0.1, 0.15) is 119 Å². The highest BCUT2D eigenvalue weighted by Crippen LogP contribution is 2.38. The van der Waals surface area contributed by atoms with Crippen molar-refractivity contribution in [3.8, 4) is 0 Å². The summed E-state index contributed by atoms with van der Waals surface area (Å²) in [6.07, 6.45) is 3.30. The van der Waals surface area contributed by atoms with Gasteiger partial charge in [-0.3, -0.25) is 38.6 Å². The predicted octanol–water partition coefficient (Wildman–Crippen LogP) is 6.11. The molecule has 388 valence electrons. The van der Waals surface area contributed by atoms with Crippen molar-refractivity contribution in [3.05, 3.63) is 139 Å². The summed E-state index contributed by atoms with van der Waals surface area (Å²) in [6, 6.07) is 14.7. The molecule has 4 N–H and O–H groups in total. The molecule has 2 aromatic carbocycles. The zero-order valence-corrected chi connectivity index (χ0v) is 40.6. The third-order valence-corrected chi connectivity index (χ3v) is 14.4. The minimum atomic E-state index is -4.54. The van der Waals surface area contributed by atoms with E-state index in [1.807, 2.05) is 38.4 Å². The molecular weight excluding hydrogens is 947 g/mol. The van der Waals surface area contributed by atoms with Crippen LogP contribution in [0.4, 0.5) is 26.3 Å². The first-order chi connectivity index (χ1) is 34.1. The van der Waals surface area contributed by atoms with Crippen LogP contribution in [0.2, 0.25) is 0 Å². The average Bonchev–Trinajstić information content (AvgIpc) is 3.33. The van der Waals surface area contributed by atoms with Gasteiger partial charge in [0.05, 0.1) is 36.3 Å². The smallest absolute Gasteiger partial charge is 0.349 e. The summed E-state index contributed by atoms with van der Waals surface area (Å²) in [5.74, 6) is -1.28. The van der Waals surface area contributed by atoms with Gasteiger partial charge < -0.3 is 30.4 Å². The Labute approximate surface area is 413 Å². The van der Waals surface area contributed by atoms with Crippen molar-refractivity contribution < 1.29 is 45.5 Å². The monoisotopic (exact) mass is 1010 g/mol. The maximum Gasteiger partial charge on any atom is 0.416 e. The number of rotatable bonds is 13. The minimum Gasteiger partial charge on any atom is -0.349 e. The number of alkyl halides is 6. The summed E-state index contributed by atoms with van der Waals surface area (Å²) in [5, 5.41) is 10.5. The molecule has 2 aliphatic heterocycles. The highest BCUT2D eigenvalue weighted by Gasteiger charge is 2.38. The number of carbonyl (C=O) groups excluding carboxylic acids is 4.